The molecule has 1 N–H and O–H groups in total. The van der Waals surface area contributed by atoms with E-state index in [0.717, 1.165) is 25.8 Å². The Morgan fingerprint density at radius 3 is 2.37 bits per heavy atom. The van der Waals surface area contributed by atoms with Crippen molar-refractivity contribution in [2.24, 2.45) is 5.92 Å². The molecule has 1 unspecified atom stereocenters. The third-order valence-corrected chi connectivity index (χ3v) is 6.69. The molecular weight excluding hydrogens is 338 g/mol. The van der Waals surface area contributed by atoms with E-state index in [0.29, 0.717) is 19.0 Å². The van der Waals surface area contributed by atoms with Gasteiger partial charge in [-0.15, -0.1) is 0 Å². The van der Waals surface area contributed by atoms with E-state index in [1.54, 1.807) is 0 Å². The third kappa shape index (κ3) is 6.48. The van der Waals surface area contributed by atoms with Gasteiger partial charge < -0.3 is 15.1 Å². The number of carbonyl (C=O) groups is 2. The first-order chi connectivity index (χ1) is 13.2. The number of nitrogens with zero attached hydrogens (tertiary/aromatic N) is 2. The van der Waals surface area contributed by atoms with Crippen LogP contribution in [-0.4, -0.2) is 60.4 Å². The van der Waals surface area contributed by atoms with Crippen LogP contribution >= 0.6 is 0 Å². The Labute approximate surface area is 165 Å². The van der Waals surface area contributed by atoms with Crippen molar-refractivity contribution in [2.75, 3.05) is 32.7 Å². The van der Waals surface area contributed by atoms with Gasteiger partial charge in [0.2, 0.25) is 11.8 Å². The second kappa shape index (κ2) is 11.0. The van der Waals surface area contributed by atoms with Crippen LogP contribution in [0.1, 0.15) is 83.5 Å². The summed E-state index contributed by atoms with van der Waals surface area (Å²) in [5, 5.41) is 3.09. The number of nitrogens with one attached hydrogen (secondary N) is 1. The average molecular weight is 378 g/mol. The Kier molecular flexibility index (Phi) is 8.43. The topological polar surface area (TPSA) is 52.7 Å². The summed E-state index contributed by atoms with van der Waals surface area (Å²) in [7, 11) is 0. The molecule has 1 saturated carbocycles. The molecule has 3 fully saturated rings. The molecule has 5 heteroatoms. The van der Waals surface area contributed by atoms with Crippen LogP contribution in [0.2, 0.25) is 0 Å². The van der Waals surface area contributed by atoms with Gasteiger partial charge in [-0.2, -0.15) is 0 Å². The summed E-state index contributed by atoms with van der Waals surface area (Å²) in [5.74, 6) is 0.160. The highest BCUT2D eigenvalue weighted by molar-refractivity contribution is 5.89. The predicted octanol–water partition coefficient (Wildman–Crippen LogP) is 3.33. The number of carbonyl (C=O) groups excluding carboxylic acids is 2. The van der Waals surface area contributed by atoms with E-state index in [1.807, 2.05) is 4.90 Å². The zero-order chi connectivity index (χ0) is 18.9. The Balaban J connectivity index is 1.28. The first-order valence-corrected chi connectivity index (χ1v) is 11.5. The number of piperidine rings is 1. The maximum Gasteiger partial charge on any atom is 0.225 e. The van der Waals surface area contributed by atoms with Crippen LogP contribution in [0, 0.1) is 5.92 Å². The van der Waals surface area contributed by atoms with Crippen molar-refractivity contribution in [1.29, 1.82) is 0 Å². The van der Waals surface area contributed by atoms with Gasteiger partial charge >= 0.3 is 0 Å². The largest absolute Gasteiger partial charge is 0.356 e. The fraction of sp³-hybridized carbons (Fsp3) is 0.909. The smallest absolute Gasteiger partial charge is 0.225 e. The zero-order valence-electron chi connectivity index (χ0n) is 17.1. The summed E-state index contributed by atoms with van der Waals surface area (Å²) in [4.78, 5) is 29.5. The van der Waals surface area contributed by atoms with E-state index >= 15 is 0 Å². The maximum absolute atomic E-state index is 12.5. The molecule has 0 aromatic rings. The SMILES string of the molecule is O=C(NCCCCCN1CCCCC1)C1CC(=O)N(C2CCCCCC2)C1. The van der Waals surface area contributed by atoms with E-state index < -0.39 is 0 Å². The van der Waals surface area contributed by atoms with Crippen molar-refractivity contribution in [3.05, 3.63) is 0 Å². The van der Waals surface area contributed by atoms with E-state index in [-0.39, 0.29) is 17.7 Å². The minimum Gasteiger partial charge on any atom is -0.356 e. The van der Waals surface area contributed by atoms with E-state index in [9.17, 15) is 9.59 Å². The average Bonchev–Trinajstić information content (AvgIpc) is 2.90. The van der Waals surface area contributed by atoms with Crippen molar-refractivity contribution in [3.8, 4) is 0 Å². The number of rotatable bonds is 8. The fourth-order valence-corrected chi connectivity index (χ4v) is 5.01. The summed E-state index contributed by atoms with van der Waals surface area (Å²) in [6.45, 7) is 5.15. The van der Waals surface area contributed by atoms with Crippen LogP contribution in [0.4, 0.5) is 0 Å². The number of unbranched alkanes of at least 4 members (excludes halogenated alkanes) is 2. The molecule has 5 nitrogen and oxygen atoms in total. The number of hydrogen-bond acceptors (Lipinski definition) is 3. The van der Waals surface area contributed by atoms with Gasteiger partial charge in [0.05, 0.1) is 5.92 Å². The van der Waals surface area contributed by atoms with Gasteiger partial charge in [0.15, 0.2) is 0 Å². The minimum absolute atomic E-state index is 0.0931. The first-order valence-electron chi connectivity index (χ1n) is 11.5. The Bertz CT molecular complexity index is 468. The lowest BCUT2D eigenvalue weighted by Gasteiger charge is -2.27. The lowest BCUT2D eigenvalue weighted by atomic mass is 10.1. The van der Waals surface area contributed by atoms with Crippen LogP contribution in [0.3, 0.4) is 0 Å². The molecule has 2 saturated heterocycles. The van der Waals surface area contributed by atoms with Crippen LogP contribution in [0.15, 0.2) is 0 Å². The molecule has 3 rings (SSSR count). The molecule has 3 aliphatic rings. The Morgan fingerprint density at radius 2 is 1.63 bits per heavy atom. The highest BCUT2D eigenvalue weighted by atomic mass is 16.2. The second-order valence-electron chi connectivity index (χ2n) is 8.85. The highest BCUT2D eigenvalue weighted by Gasteiger charge is 2.37. The zero-order valence-corrected chi connectivity index (χ0v) is 17.1. The minimum atomic E-state index is -0.130. The van der Waals surface area contributed by atoms with Gasteiger partial charge in [-0.05, 0) is 58.2 Å². The summed E-state index contributed by atoms with van der Waals surface area (Å²) >= 11 is 0. The molecule has 154 valence electrons. The van der Waals surface area contributed by atoms with Crippen LogP contribution in [0.25, 0.3) is 0 Å². The van der Waals surface area contributed by atoms with Crippen LogP contribution in [-0.2, 0) is 9.59 Å². The molecule has 0 aromatic carbocycles. The van der Waals surface area contributed by atoms with Gasteiger partial charge in [-0.1, -0.05) is 38.5 Å². The van der Waals surface area contributed by atoms with Crippen LogP contribution in [0.5, 0.6) is 0 Å². The maximum atomic E-state index is 12.5. The lowest BCUT2D eigenvalue weighted by molar-refractivity contribution is -0.130. The van der Waals surface area contributed by atoms with Gasteiger partial charge in [0.25, 0.3) is 0 Å². The van der Waals surface area contributed by atoms with E-state index in [1.165, 1.54) is 77.4 Å². The van der Waals surface area contributed by atoms with Gasteiger partial charge in [-0.25, -0.2) is 0 Å². The predicted molar refractivity (Wildman–Crippen MR) is 108 cm³/mol. The molecule has 0 radical (unpaired) electrons. The molecule has 1 aliphatic carbocycles. The second-order valence-corrected chi connectivity index (χ2v) is 8.85. The molecule has 27 heavy (non-hydrogen) atoms. The fourth-order valence-electron chi connectivity index (χ4n) is 5.01. The summed E-state index contributed by atoms with van der Waals surface area (Å²) < 4.78 is 0. The van der Waals surface area contributed by atoms with Crippen molar-refractivity contribution in [3.63, 3.8) is 0 Å². The third-order valence-electron chi connectivity index (χ3n) is 6.69. The summed E-state index contributed by atoms with van der Waals surface area (Å²) in [6, 6.07) is 0.382. The van der Waals surface area contributed by atoms with Crippen molar-refractivity contribution < 1.29 is 9.59 Å². The summed E-state index contributed by atoms with van der Waals surface area (Å²) in [6.07, 6.45) is 15.2. The molecule has 0 aromatic heterocycles. The van der Waals surface area contributed by atoms with Gasteiger partial charge in [-0.3, -0.25) is 9.59 Å². The van der Waals surface area contributed by atoms with Crippen molar-refractivity contribution >= 4 is 11.8 Å². The first kappa shape index (κ1) is 20.6. The van der Waals surface area contributed by atoms with Crippen molar-refractivity contribution in [2.45, 2.75) is 89.5 Å². The molecule has 2 heterocycles. The Hall–Kier alpha value is -1.10. The van der Waals surface area contributed by atoms with Gasteiger partial charge in [0.1, 0.15) is 0 Å². The molecule has 0 bridgehead atoms. The standard InChI is InChI=1S/C22H39N3O2/c26-21-17-19(18-25(21)20-11-5-1-2-6-12-20)22(27)23-13-7-3-8-14-24-15-9-4-10-16-24/h19-20H,1-18H2,(H,23,27). The summed E-state index contributed by atoms with van der Waals surface area (Å²) in [5.41, 5.74) is 0. The van der Waals surface area contributed by atoms with Crippen LogP contribution < -0.4 is 5.32 Å². The number of hydrogen-bond donors (Lipinski definition) is 1. The Morgan fingerprint density at radius 1 is 0.926 bits per heavy atom. The van der Waals surface area contributed by atoms with Crippen molar-refractivity contribution in [1.82, 2.24) is 15.1 Å². The molecule has 1 atom stereocenters. The quantitative estimate of drug-likeness (QED) is 0.521. The highest BCUT2D eigenvalue weighted by Crippen LogP contribution is 2.28. The van der Waals surface area contributed by atoms with Gasteiger partial charge in [0, 0.05) is 25.6 Å². The molecule has 2 aliphatic heterocycles. The van der Waals surface area contributed by atoms with E-state index in [2.05, 4.69) is 10.2 Å². The molecular formula is C22H39N3O2. The molecule has 2 amide bonds. The normalized spacial score (nSPS) is 25.6. The van der Waals surface area contributed by atoms with E-state index in [4.69, 9.17) is 0 Å². The monoisotopic (exact) mass is 377 g/mol. The number of amides is 2. The lowest BCUT2D eigenvalue weighted by Crippen LogP contribution is -2.38. The molecule has 0 spiro atoms. The number of likely N-dealkylation sites (tertiary alicyclic amines) is 2.